The fraction of sp³-hybridized carbons (Fsp3) is 0.160. The first-order valence-corrected chi connectivity index (χ1v) is 10.4. The average molecular weight is 457 g/mol. The van der Waals surface area contributed by atoms with Crippen LogP contribution in [0.25, 0.3) is 22.3 Å². The summed E-state index contributed by atoms with van der Waals surface area (Å²) >= 11 is 0. The standard InChI is InChI=1S/C25H23NO2.BF4/c1-18-8-13-24-22(16-18)23(26-15-14-19-6-4-3-5-7-19)17-25(28-24)20-9-11-21(27-2)12-10-20;2-1(3,4)5/h3-13,16-17H,14-15H2,1-2H3;/q;-1/p+1. The molecule has 8 heteroatoms. The number of halogens is 4. The minimum absolute atomic E-state index is 0.834. The molecule has 1 N–H and O–H groups in total. The summed E-state index contributed by atoms with van der Waals surface area (Å²) in [5.41, 5.74) is 4.44. The van der Waals surface area contributed by atoms with Crippen molar-refractivity contribution in [3.63, 3.8) is 0 Å². The third-order valence-electron chi connectivity index (χ3n) is 4.87. The van der Waals surface area contributed by atoms with Gasteiger partial charge in [-0.1, -0.05) is 42.0 Å². The van der Waals surface area contributed by atoms with E-state index in [0.717, 1.165) is 46.4 Å². The minimum atomic E-state index is -6.00. The minimum Gasteiger partial charge on any atom is -0.497 e. The first-order valence-electron chi connectivity index (χ1n) is 10.4. The smallest absolute Gasteiger partial charge is 0.497 e. The third-order valence-corrected chi connectivity index (χ3v) is 4.87. The zero-order valence-corrected chi connectivity index (χ0v) is 18.3. The van der Waals surface area contributed by atoms with Crippen LogP contribution in [-0.2, 0) is 6.42 Å². The largest absolute Gasteiger partial charge is 0.673 e. The molecule has 1 heterocycles. The fourth-order valence-corrected chi connectivity index (χ4v) is 3.33. The molecule has 0 amide bonds. The van der Waals surface area contributed by atoms with E-state index in [-0.39, 0.29) is 0 Å². The molecule has 172 valence electrons. The van der Waals surface area contributed by atoms with Crippen molar-refractivity contribution < 1.29 is 31.4 Å². The molecule has 0 bridgehead atoms. The van der Waals surface area contributed by atoms with Gasteiger partial charge in [0.1, 0.15) is 23.6 Å². The second-order valence-corrected chi connectivity index (χ2v) is 7.41. The maximum atomic E-state index is 9.75. The normalized spacial score (nSPS) is 11.8. The second-order valence-electron chi connectivity index (χ2n) is 7.41. The van der Waals surface area contributed by atoms with Gasteiger partial charge in [0.05, 0.1) is 18.6 Å². The molecule has 0 radical (unpaired) electrons. The summed E-state index contributed by atoms with van der Waals surface area (Å²) in [5.74, 6) is 1.67. The van der Waals surface area contributed by atoms with Gasteiger partial charge in [-0.15, -0.1) is 0 Å². The van der Waals surface area contributed by atoms with Gasteiger partial charge in [-0.3, -0.25) is 0 Å². The molecule has 3 aromatic carbocycles. The predicted octanol–water partition coefficient (Wildman–Crippen LogP) is 4.94. The van der Waals surface area contributed by atoms with Crippen LogP contribution in [0.15, 0.2) is 83.3 Å². The van der Waals surface area contributed by atoms with Gasteiger partial charge in [-0.2, -0.15) is 0 Å². The lowest BCUT2D eigenvalue weighted by molar-refractivity contribution is -0.498. The van der Waals surface area contributed by atoms with Crippen molar-refractivity contribution >= 4 is 18.2 Å². The van der Waals surface area contributed by atoms with Crippen molar-refractivity contribution in [2.24, 2.45) is 0 Å². The lowest BCUT2D eigenvalue weighted by atomic mass is 10.1. The second kappa shape index (κ2) is 10.9. The van der Waals surface area contributed by atoms with E-state index in [1.807, 2.05) is 36.4 Å². The maximum Gasteiger partial charge on any atom is 0.673 e. The van der Waals surface area contributed by atoms with Crippen LogP contribution >= 0.6 is 0 Å². The van der Waals surface area contributed by atoms with E-state index in [9.17, 15) is 17.3 Å². The van der Waals surface area contributed by atoms with Crippen LogP contribution in [0.5, 0.6) is 5.75 Å². The van der Waals surface area contributed by atoms with Crippen LogP contribution in [0.4, 0.5) is 17.3 Å². The molecule has 4 rings (SSSR count). The molecule has 0 aliphatic rings. The number of fused-ring (bicyclic) bond motifs is 1. The van der Waals surface area contributed by atoms with Crippen LogP contribution in [0.3, 0.4) is 0 Å². The van der Waals surface area contributed by atoms with E-state index < -0.39 is 7.25 Å². The number of methoxy groups -OCH3 is 1. The van der Waals surface area contributed by atoms with Gasteiger partial charge in [0.15, 0.2) is 0 Å². The highest BCUT2D eigenvalue weighted by Gasteiger charge is 2.20. The topological polar surface area (TPSA) is 36.3 Å². The van der Waals surface area contributed by atoms with Gasteiger partial charge < -0.3 is 26.4 Å². The maximum absolute atomic E-state index is 9.75. The molecule has 0 saturated heterocycles. The lowest BCUT2D eigenvalue weighted by Crippen LogP contribution is -2.77. The predicted molar refractivity (Wildman–Crippen MR) is 122 cm³/mol. The first kappa shape index (κ1) is 24.1. The van der Waals surface area contributed by atoms with Crippen LogP contribution in [0, 0.1) is 6.92 Å². The van der Waals surface area contributed by atoms with Crippen LogP contribution in [0.1, 0.15) is 11.1 Å². The number of nitrogens with one attached hydrogen (secondary N) is 1. The van der Waals surface area contributed by atoms with Gasteiger partial charge in [0.2, 0.25) is 5.36 Å². The summed E-state index contributed by atoms with van der Waals surface area (Å²) in [4.78, 5) is 3.61. The number of hydrogen-bond donors (Lipinski definition) is 1. The van der Waals surface area contributed by atoms with Gasteiger partial charge in [0, 0.05) is 12.0 Å². The molecule has 1 aromatic heterocycles. The summed E-state index contributed by atoms with van der Waals surface area (Å²) in [7, 11) is -4.33. The van der Waals surface area contributed by atoms with Gasteiger partial charge in [0.25, 0.3) is 0 Å². The molecule has 33 heavy (non-hydrogen) atoms. The van der Waals surface area contributed by atoms with Gasteiger partial charge in [-0.25, -0.2) is 4.99 Å². The molecule has 0 aliphatic carbocycles. The fourth-order valence-electron chi connectivity index (χ4n) is 3.33. The van der Waals surface area contributed by atoms with Crippen LogP contribution < -0.4 is 15.1 Å². The van der Waals surface area contributed by atoms with E-state index in [0.29, 0.717) is 0 Å². The van der Waals surface area contributed by atoms with Crippen molar-refractivity contribution in [3.05, 3.63) is 95.3 Å². The average Bonchev–Trinajstić information content (AvgIpc) is 2.79. The molecule has 0 unspecified atom stereocenters. The summed E-state index contributed by atoms with van der Waals surface area (Å²) in [6, 6.07) is 26.9. The molecule has 0 spiro atoms. The van der Waals surface area contributed by atoms with E-state index in [1.165, 1.54) is 11.1 Å². The first-order chi connectivity index (χ1) is 15.7. The Morgan fingerprint density at radius 2 is 1.55 bits per heavy atom. The number of benzene rings is 3. The Balaban J connectivity index is 0.000000555. The molecule has 0 aliphatic heterocycles. The summed E-state index contributed by atoms with van der Waals surface area (Å²) in [6.45, 7) is 2.96. The summed E-state index contributed by atoms with van der Waals surface area (Å²) in [5, 5.41) is 2.19. The summed E-state index contributed by atoms with van der Waals surface area (Å²) < 4.78 is 50.5. The monoisotopic (exact) mass is 457 g/mol. The highest BCUT2D eigenvalue weighted by molar-refractivity contribution is 6.50. The third kappa shape index (κ3) is 7.52. The van der Waals surface area contributed by atoms with E-state index >= 15 is 0 Å². The number of hydrogen-bond acceptors (Lipinski definition) is 2. The molecule has 0 saturated carbocycles. The van der Waals surface area contributed by atoms with Gasteiger partial charge in [-0.05, 0) is 48.9 Å². The van der Waals surface area contributed by atoms with E-state index in [1.54, 1.807) is 7.11 Å². The molecular weight excluding hydrogens is 433 g/mol. The number of aryl methyl sites for hydroxylation is 1. The Labute approximate surface area is 189 Å². The van der Waals surface area contributed by atoms with E-state index in [4.69, 9.17) is 9.15 Å². The Bertz CT molecular complexity index is 1250. The number of ether oxygens (including phenoxy) is 1. The highest BCUT2D eigenvalue weighted by Crippen LogP contribution is 2.24. The highest BCUT2D eigenvalue weighted by atomic mass is 19.5. The molecule has 0 atom stereocenters. The quantitative estimate of drug-likeness (QED) is 0.341. The SMILES string of the molecule is COc1ccc(-c2cc(=[NH+]CCc3ccccc3)c3cc(C)ccc3o2)cc1.F[B-](F)(F)F. The zero-order valence-electron chi connectivity index (χ0n) is 18.3. The molecular formula is C25H24BF4NO2. The molecule has 0 fully saturated rings. The van der Waals surface area contributed by atoms with Crippen molar-refractivity contribution in [2.75, 3.05) is 13.7 Å². The van der Waals surface area contributed by atoms with Gasteiger partial charge >= 0.3 is 7.25 Å². The van der Waals surface area contributed by atoms with Crippen molar-refractivity contribution in [1.29, 1.82) is 0 Å². The Hall–Kier alpha value is -3.55. The summed E-state index contributed by atoms with van der Waals surface area (Å²) in [6.07, 6.45) is 0.970. The zero-order chi connectivity index (χ0) is 23.8. The molecule has 4 aromatic rings. The lowest BCUT2D eigenvalue weighted by Gasteiger charge is -2.05. The molecule has 3 nitrogen and oxygen atoms in total. The van der Waals surface area contributed by atoms with Crippen molar-refractivity contribution in [3.8, 4) is 17.1 Å². The van der Waals surface area contributed by atoms with Crippen LogP contribution in [-0.4, -0.2) is 20.9 Å². The Kier molecular flexibility index (Phi) is 7.93. The number of rotatable bonds is 5. The van der Waals surface area contributed by atoms with Crippen LogP contribution in [0.2, 0.25) is 0 Å². The van der Waals surface area contributed by atoms with Crippen molar-refractivity contribution in [1.82, 2.24) is 0 Å². The van der Waals surface area contributed by atoms with Crippen molar-refractivity contribution in [2.45, 2.75) is 13.3 Å². The Morgan fingerprint density at radius 3 is 2.18 bits per heavy atom. The van der Waals surface area contributed by atoms with E-state index in [2.05, 4.69) is 54.4 Å². The Morgan fingerprint density at radius 1 is 0.879 bits per heavy atom.